The minimum Gasteiger partial charge on any atom is -0.266 e. The van der Waals surface area contributed by atoms with Gasteiger partial charge in [0.15, 0.2) is 0 Å². The van der Waals surface area contributed by atoms with E-state index in [1.165, 1.54) is 0 Å². The van der Waals surface area contributed by atoms with Crippen LogP contribution in [0.4, 0.5) is 0 Å². The third kappa shape index (κ3) is 2.82. The topological polar surface area (TPSA) is 46.6 Å². The first-order valence-electron chi connectivity index (χ1n) is 7.10. The molecule has 0 aliphatic carbocycles. The summed E-state index contributed by atoms with van der Waals surface area (Å²) >= 11 is 0. The number of carbonyl (C=O) groups excluding carboxylic acids is 2. The molecule has 0 unspecified atom stereocenters. The number of benzene rings is 2. The van der Waals surface area contributed by atoms with Crippen molar-refractivity contribution in [3.8, 4) is 0 Å². The molecule has 0 saturated heterocycles. The van der Waals surface area contributed by atoms with Gasteiger partial charge in [0.25, 0.3) is 11.8 Å². The number of hydroxylamine groups is 2. The zero-order valence-electron chi connectivity index (χ0n) is 11.9. The third-order valence-corrected chi connectivity index (χ3v) is 3.37. The van der Waals surface area contributed by atoms with Gasteiger partial charge < -0.3 is 0 Å². The molecular weight excluding hydrogens is 278 g/mol. The molecule has 0 aromatic heterocycles. The molecule has 0 spiro atoms. The average molecular weight is 293 g/mol. The van der Waals surface area contributed by atoms with Gasteiger partial charge in [0.1, 0.15) is 0 Å². The van der Waals surface area contributed by atoms with Crippen LogP contribution in [0.2, 0.25) is 0 Å². The molecule has 0 radical (unpaired) electrons. The number of fused-ring (bicyclic) bond motifs is 1. The van der Waals surface area contributed by atoms with E-state index in [4.69, 9.17) is 4.84 Å². The van der Waals surface area contributed by atoms with Crippen LogP contribution in [0.15, 0.2) is 60.7 Å². The summed E-state index contributed by atoms with van der Waals surface area (Å²) in [5, 5.41) is 0.848. The van der Waals surface area contributed by atoms with Gasteiger partial charge >= 0.3 is 0 Å². The number of imide groups is 1. The highest BCUT2D eigenvalue weighted by Gasteiger charge is 2.36. The normalized spacial score (nSPS) is 13.9. The van der Waals surface area contributed by atoms with Crippen molar-refractivity contribution < 1.29 is 14.4 Å². The first-order chi connectivity index (χ1) is 10.8. The zero-order chi connectivity index (χ0) is 15.4. The van der Waals surface area contributed by atoms with Crippen LogP contribution >= 0.6 is 0 Å². The molecule has 0 bridgehead atoms. The lowest BCUT2D eigenvalue weighted by molar-refractivity contribution is -0.0896. The Morgan fingerprint density at radius 3 is 2.09 bits per heavy atom. The Kier molecular flexibility index (Phi) is 4.12. The van der Waals surface area contributed by atoms with E-state index in [1.54, 1.807) is 24.3 Å². The van der Waals surface area contributed by atoms with Gasteiger partial charge in [-0.25, -0.2) is 0 Å². The van der Waals surface area contributed by atoms with Crippen molar-refractivity contribution in [3.63, 3.8) is 0 Å². The summed E-state index contributed by atoms with van der Waals surface area (Å²) in [5.74, 6) is -0.791. The lowest BCUT2D eigenvalue weighted by Crippen LogP contribution is -2.30. The lowest BCUT2D eigenvalue weighted by atomic mass is 10.1. The maximum Gasteiger partial charge on any atom is 0.285 e. The van der Waals surface area contributed by atoms with Crippen LogP contribution in [0.1, 0.15) is 32.7 Å². The fraction of sp³-hybridized carbons (Fsp3) is 0.111. The summed E-state index contributed by atoms with van der Waals surface area (Å²) in [4.78, 5) is 29.4. The Balaban J connectivity index is 1.54. The van der Waals surface area contributed by atoms with E-state index in [0.29, 0.717) is 17.5 Å². The number of rotatable bonds is 5. The molecular formula is C18H15NO3. The molecule has 2 aromatic rings. The second-order valence-corrected chi connectivity index (χ2v) is 4.89. The number of carbonyl (C=O) groups is 2. The first kappa shape index (κ1) is 14.2. The van der Waals surface area contributed by atoms with Crippen molar-refractivity contribution in [2.45, 2.75) is 6.42 Å². The predicted octanol–water partition coefficient (Wildman–Crippen LogP) is 3.32. The van der Waals surface area contributed by atoms with Gasteiger partial charge in [-0.15, -0.1) is 5.06 Å². The second kappa shape index (κ2) is 6.37. The van der Waals surface area contributed by atoms with Crippen LogP contribution in [-0.4, -0.2) is 23.5 Å². The summed E-state index contributed by atoms with van der Waals surface area (Å²) in [7, 11) is 0. The Bertz CT molecular complexity index is 687. The Morgan fingerprint density at radius 2 is 1.45 bits per heavy atom. The molecule has 0 fully saturated rings. The molecule has 4 nitrogen and oxygen atoms in total. The lowest BCUT2D eigenvalue weighted by Gasteiger charge is -2.12. The van der Waals surface area contributed by atoms with Crippen LogP contribution in [0.5, 0.6) is 0 Å². The fourth-order valence-electron chi connectivity index (χ4n) is 2.28. The largest absolute Gasteiger partial charge is 0.285 e. The molecule has 0 N–H and O–H groups in total. The summed E-state index contributed by atoms with van der Waals surface area (Å²) < 4.78 is 0. The van der Waals surface area contributed by atoms with E-state index in [-0.39, 0.29) is 6.61 Å². The molecule has 1 aliphatic rings. The molecule has 2 aromatic carbocycles. The molecule has 22 heavy (non-hydrogen) atoms. The zero-order valence-corrected chi connectivity index (χ0v) is 11.9. The van der Waals surface area contributed by atoms with Crippen LogP contribution in [-0.2, 0) is 4.84 Å². The van der Waals surface area contributed by atoms with Crippen LogP contribution in [0.25, 0.3) is 6.08 Å². The Labute approximate surface area is 128 Å². The molecule has 1 aliphatic heterocycles. The van der Waals surface area contributed by atoms with E-state index < -0.39 is 11.8 Å². The summed E-state index contributed by atoms with van der Waals surface area (Å²) in [5.41, 5.74) is 1.89. The Hall–Kier alpha value is -2.72. The SMILES string of the molecule is O=C1c2ccccc2C(=O)N1OCC/C=C/c1ccccc1. The second-order valence-electron chi connectivity index (χ2n) is 4.89. The number of nitrogens with zero attached hydrogens (tertiary/aromatic N) is 1. The smallest absolute Gasteiger partial charge is 0.266 e. The predicted molar refractivity (Wildman–Crippen MR) is 83.0 cm³/mol. The third-order valence-electron chi connectivity index (χ3n) is 3.37. The van der Waals surface area contributed by atoms with Crippen molar-refractivity contribution in [2.75, 3.05) is 6.61 Å². The maximum atomic E-state index is 12.1. The quantitative estimate of drug-likeness (QED) is 0.627. The highest BCUT2D eigenvalue weighted by Crippen LogP contribution is 2.22. The van der Waals surface area contributed by atoms with Gasteiger partial charge in [-0.2, -0.15) is 0 Å². The monoisotopic (exact) mass is 293 g/mol. The molecule has 1 heterocycles. The van der Waals surface area contributed by atoms with Crippen molar-refractivity contribution in [1.82, 2.24) is 5.06 Å². The van der Waals surface area contributed by atoms with E-state index in [1.807, 2.05) is 42.5 Å². The summed E-state index contributed by atoms with van der Waals surface area (Å²) in [6.07, 6.45) is 4.54. The van der Waals surface area contributed by atoms with Crippen molar-refractivity contribution in [2.24, 2.45) is 0 Å². The molecule has 0 saturated carbocycles. The minimum atomic E-state index is -0.396. The van der Waals surface area contributed by atoms with E-state index in [0.717, 1.165) is 10.6 Å². The number of amides is 2. The number of hydrogen-bond donors (Lipinski definition) is 0. The van der Waals surface area contributed by atoms with E-state index in [2.05, 4.69) is 0 Å². The Morgan fingerprint density at radius 1 is 0.864 bits per heavy atom. The van der Waals surface area contributed by atoms with Gasteiger partial charge in [0.05, 0.1) is 17.7 Å². The maximum absolute atomic E-state index is 12.1. The van der Waals surface area contributed by atoms with Crippen molar-refractivity contribution >= 4 is 17.9 Å². The van der Waals surface area contributed by atoms with Gasteiger partial charge in [-0.1, -0.05) is 54.6 Å². The molecule has 3 rings (SSSR count). The minimum absolute atomic E-state index is 0.273. The van der Waals surface area contributed by atoms with Crippen molar-refractivity contribution in [3.05, 3.63) is 77.4 Å². The standard InChI is InChI=1S/C18H15NO3/c20-17-15-11-4-5-12-16(15)18(21)19(17)22-13-7-6-10-14-8-2-1-3-9-14/h1-6,8-12H,7,13H2/b10-6+. The highest BCUT2D eigenvalue weighted by molar-refractivity contribution is 6.20. The van der Waals surface area contributed by atoms with Crippen LogP contribution in [0, 0.1) is 0 Å². The van der Waals surface area contributed by atoms with Crippen molar-refractivity contribution in [1.29, 1.82) is 0 Å². The van der Waals surface area contributed by atoms with E-state index in [9.17, 15) is 9.59 Å². The molecule has 110 valence electrons. The fourth-order valence-corrected chi connectivity index (χ4v) is 2.28. The van der Waals surface area contributed by atoms with Crippen LogP contribution in [0.3, 0.4) is 0 Å². The molecule has 4 heteroatoms. The van der Waals surface area contributed by atoms with Gasteiger partial charge in [-0.3, -0.25) is 14.4 Å². The first-order valence-corrected chi connectivity index (χ1v) is 7.10. The van der Waals surface area contributed by atoms with Gasteiger partial charge in [0, 0.05) is 0 Å². The summed E-state index contributed by atoms with van der Waals surface area (Å²) in [6, 6.07) is 16.6. The molecule has 0 atom stereocenters. The summed E-state index contributed by atoms with van der Waals surface area (Å²) in [6.45, 7) is 0.273. The highest BCUT2D eigenvalue weighted by atomic mass is 16.7. The van der Waals surface area contributed by atoms with Crippen LogP contribution < -0.4 is 0 Å². The van der Waals surface area contributed by atoms with E-state index >= 15 is 0 Å². The molecule has 2 amide bonds. The average Bonchev–Trinajstić information content (AvgIpc) is 2.81. The number of hydrogen-bond acceptors (Lipinski definition) is 3. The van der Waals surface area contributed by atoms with Gasteiger partial charge in [0.2, 0.25) is 0 Å². The van der Waals surface area contributed by atoms with Gasteiger partial charge in [-0.05, 0) is 24.1 Å².